The van der Waals surface area contributed by atoms with Crippen LogP contribution in [0.2, 0.25) is 0 Å². The predicted molar refractivity (Wildman–Crippen MR) is 158 cm³/mol. The number of nitrogens with two attached hydrogens (primary N) is 3. The Labute approximate surface area is 244 Å². The first kappa shape index (κ1) is 33.6. The lowest BCUT2D eigenvalue weighted by molar-refractivity contribution is -0.142. The van der Waals surface area contributed by atoms with Gasteiger partial charge in [-0.3, -0.25) is 19.4 Å². The van der Waals surface area contributed by atoms with Crippen molar-refractivity contribution in [1.29, 1.82) is 0 Å². The highest BCUT2D eigenvalue weighted by molar-refractivity contribution is 5.94. The third kappa shape index (κ3) is 11.5. The van der Waals surface area contributed by atoms with E-state index in [1.807, 2.05) is 30.3 Å². The summed E-state index contributed by atoms with van der Waals surface area (Å²) in [5, 5.41) is 27.1. The Morgan fingerprint density at radius 2 is 1.40 bits per heavy atom. The first-order chi connectivity index (χ1) is 19.9. The molecule has 42 heavy (non-hydrogen) atoms. The van der Waals surface area contributed by atoms with E-state index in [2.05, 4.69) is 20.9 Å². The minimum absolute atomic E-state index is 0.00945. The van der Waals surface area contributed by atoms with Gasteiger partial charge >= 0.3 is 5.97 Å². The Morgan fingerprint density at radius 1 is 0.810 bits per heavy atom. The van der Waals surface area contributed by atoms with Gasteiger partial charge in [0.15, 0.2) is 5.96 Å². The lowest BCUT2D eigenvalue weighted by Gasteiger charge is -2.27. The topological polar surface area (TPSA) is 235 Å². The van der Waals surface area contributed by atoms with Crippen LogP contribution in [0.25, 0.3) is 0 Å². The number of rotatable bonds is 16. The van der Waals surface area contributed by atoms with Crippen LogP contribution >= 0.6 is 0 Å². The van der Waals surface area contributed by atoms with Crippen LogP contribution in [0.4, 0.5) is 0 Å². The summed E-state index contributed by atoms with van der Waals surface area (Å²) in [6, 6.07) is 10.8. The first-order valence-electron chi connectivity index (χ1n) is 13.6. The van der Waals surface area contributed by atoms with Gasteiger partial charge in [-0.2, -0.15) is 0 Å². The number of carboxylic acids is 1. The number of phenolic OH excluding ortho intramolecular Hbond substituents is 1. The molecule has 11 N–H and O–H groups in total. The molecule has 0 spiro atoms. The van der Waals surface area contributed by atoms with E-state index >= 15 is 0 Å². The van der Waals surface area contributed by atoms with E-state index in [0.717, 1.165) is 5.56 Å². The fraction of sp³-hybridized carbons (Fsp3) is 0.414. The zero-order valence-corrected chi connectivity index (χ0v) is 23.8. The lowest BCUT2D eigenvalue weighted by atomic mass is 9.99. The van der Waals surface area contributed by atoms with Crippen molar-refractivity contribution < 1.29 is 29.4 Å². The number of nitrogens with zero attached hydrogens (tertiary/aromatic N) is 1. The Bertz CT molecular complexity index is 1220. The molecule has 228 valence electrons. The van der Waals surface area contributed by atoms with Crippen molar-refractivity contribution in [2.24, 2.45) is 28.1 Å². The van der Waals surface area contributed by atoms with Crippen LogP contribution < -0.4 is 33.2 Å². The number of carbonyl (C=O) groups excluding carboxylic acids is 3. The van der Waals surface area contributed by atoms with Crippen molar-refractivity contribution in [3.8, 4) is 5.75 Å². The first-order valence-corrected chi connectivity index (χ1v) is 13.6. The minimum atomic E-state index is -1.26. The number of aliphatic carboxylic acids is 1. The number of nitrogens with one attached hydrogen (secondary N) is 3. The van der Waals surface area contributed by atoms with Crippen molar-refractivity contribution >= 4 is 29.7 Å². The molecule has 13 nitrogen and oxygen atoms in total. The van der Waals surface area contributed by atoms with Gasteiger partial charge in [0.1, 0.15) is 23.9 Å². The van der Waals surface area contributed by atoms with E-state index in [4.69, 9.17) is 17.2 Å². The van der Waals surface area contributed by atoms with Gasteiger partial charge in [0, 0.05) is 13.0 Å². The monoisotopic (exact) mass is 583 g/mol. The maximum Gasteiger partial charge on any atom is 0.326 e. The van der Waals surface area contributed by atoms with E-state index in [1.54, 1.807) is 26.0 Å². The maximum atomic E-state index is 13.4. The molecule has 2 rings (SSSR count). The van der Waals surface area contributed by atoms with Crippen LogP contribution in [0, 0.1) is 5.92 Å². The van der Waals surface area contributed by atoms with Gasteiger partial charge in [-0.15, -0.1) is 0 Å². The standard InChI is InChI=1S/C29H41N7O6/c1-17(2)24(36-25(38)21(30)15-18-7-4-3-5-8-18)27(40)35-23(16-19-10-12-20(37)13-11-19)26(39)34-22(28(41)42)9-6-14-33-29(31)32/h3-5,7-8,10-13,17,21-24,37H,6,9,14-16,30H2,1-2H3,(H,34,39)(H,35,40)(H,36,38)(H,41,42)(H4,31,32,33). The second kappa shape index (κ2) is 16.6. The highest BCUT2D eigenvalue weighted by atomic mass is 16.4. The highest BCUT2D eigenvalue weighted by Crippen LogP contribution is 2.13. The van der Waals surface area contributed by atoms with Crippen LogP contribution in [0.5, 0.6) is 5.75 Å². The molecule has 0 aliphatic rings. The van der Waals surface area contributed by atoms with E-state index in [-0.39, 0.29) is 49.9 Å². The fourth-order valence-electron chi connectivity index (χ4n) is 4.13. The van der Waals surface area contributed by atoms with Gasteiger partial charge in [-0.25, -0.2) is 4.79 Å². The van der Waals surface area contributed by atoms with Crippen molar-refractivity contribution in [3.63, 3.8) is 0 Å². The molecule has 0 saturated carbocycles. The van der Waals surface area contributed by atoms with Crippen LogP contribution in [0.1, 0.15) is 37.8 Å². The van der Waals surface area contributed by atoms with Crippen molar-refractivity contribution in [2.45, 2.75) is 63.7 Å². The van der Waals surface area contributed by atoms with Crippen LogP contribution in [-0.4, -0.2) is 70.6 Å². The summed E-state index contributed by atoms with van der Waals surface area (Å²) in [7, 11) is 0. The summed E-state index contributed by atoms with van der Waals surface area (Å²) >= 11 is 0. The largest absolute Gasteiger partial charge is 0.508 e. The number of carbonyl (C=O) groups is 4. The molecular formula is C29H41N7O6. The summed E-state index contributed by atoms with van der Waals surface area (Å²) in [6.07, 6.45) is 0.589. The quantitative estimate of drug-likeness (QED) is 0.0738. The molecule has 0 aliphatic heterocycles. The summed E-state index contributed by atoms with van der Waals surface area (Å²) in [4.78, 5) is 55.3. The molecule has 0 saturated heterocycles. The summed E-state index contributed by atoms with van der Waals surface area (Å²) in [6.45, 7) is 3.65. The van der Waals surface area contributed by atoms with Crippen LogP contribution in [0.15, 0.2) is 59.6 Å². The Hall–Kier alpha value is -4.65. The third-order valence-electron chi connectivity index (χ3n) is 6.45. The molecule has 3 amide bonds. The number of aliphatic imine (C=N–C) groups is 1. The number of amides is 3. The van der Waals surface area contributed by atoms with Gasteiger partial charge in [0.2, 0.25) is 17.7 Å². The molecule has 0 bridgehead atoms. The zero-order chi connectivity index (χ0) is 31.2. The van der Waals surface area contributed by atoms with E-state index in [0.29, 0.717) is 5.56 Å². The van der Waals surface area contributed by atoms with Crippen molar-refractivity contribution in [1.82, 2.24) is 16.0 Å². The number of benzene rings is 2. The molecule has 4 unspecified atom stereocenters. The number of guanidine groups is 1. The molecule has 0 aliphatic carbocycles. The SMILES string of the molecule is CC(C)C(NC(=O)C(N)Cc1ccccc1)C(=O)NC(Cc1ccc(O)cc1)C(=O)NC(CCCN=C(N)N)C(=O)O. The molecule has 0 aromatic heterocycles. The van der Waals surface area contributed by atoms with Crippen LogP contribution in [-0.2, 0) is 32.0 Å². The summed E-state index contributed by atoms with van der Waals surface area (Å²) in [5.41, 5.74) is 18.2. The second-order valence-corrected chi connectivity index (χ2v) is 10.3. The van der Waals surface area contributed by atoms with E-state index in [1.165, 1.54) is 12.1 Å². The fourth-order valence-corrected chi connectivity index (χ4v) is 4.13. The van der Waals surface area contributed by atoms with Gasteiger partial charge in [-0.05, 0) is 48.4 Å². The molecule has 2 aromatic carbocycles. The zero-order valence-electron chi connectivity index (χ0n) is 23.8. The van der Waals surface area contributed by atoms with Gasteiger partial charge in [0.25, 0.3) is 0 Å². The second-order valence-electron chi connectivity index (χ2n) is 10.3. The van der Waals surface area contributed by atoms with Gasteiger partial charge in [0.05, 0.1) is 6.04 Å². The van der Waals surface area contributed by atoms with E-state index < -0.39 is 47.9 Å². The van der Waals surface area contributed by atoms with Crippen LogP contribution in [0.3, 0.4) is 0 Å². The number of aromatic hydroxyl groups is 1. The average Bonchev–Trinajstić information content (AvgIpc) is 2.93. The third-order valence-corrected chi connectivity index (χ3v) is 6.45. The molecule has 0 fully saturated rings. The summed E-state index contributed by atoms with van der Waals surface area (Å²) < 4.78 is 0. The minimum Gasteiger partial charge on any atom is -0.508 e. The molecule has 4 atom stereocenters. The Kier molecular flexibility index (Phi) is 13.2. The van der Waals surface area contributed by atoms with Crippen molar-refractivity contribution in [2.75, 3.05) is 6.54 Å². The molecule has 2 aromatic rings. The average molecular weight is 584 g/mol. The molecule has 13 heteroatoms. The highest BCUT2D eigenvalue weighted by Gasteiger charge is 2.32. The maximum absolute atomic E-state index is 13.4. The number of carboxylic acid groups (broad SMARTS) is 1. The Morgan fingerprint density at radius 3 is 1.98 bits per heavy atom. The lowest BCUT2D eigenvalue weighted by Crippen LogP contribution is -2.59. The molecule has 0 heterocycles. The molecular weight excluding hydrogens is 542 g/mol. The van der Waals surface area contributed by atoms with Gasteiger partial charge in [-0.1, -0.05) is 56.3 Å². The van der Waals surface area contributed by atoms with Crippen molar-refractivity contribution in [3.05, 3.63) is 65.7 Å². The number of hydrogen-bond donors (Lipinski definition) is 8. The smallest absolute Gasteiger partial charge is 0.326 e. The predicted octanol–water partition coefficient (Wildman–Crippen LogP) is -0.247. The summed E-state index contributed by atoms with van der Waals surface area (Å²) in [5.74, 6) is -3.64. The molecule has 0 radical (unpaired) electrons. The van der Waals surface area contributed by atoms with Gasteiger partial charge < -0.3 is 43.4 Å². The number of hydrogen-bond acceptors (Lipinski definition) is 7. The number of phenols is 1. The Balaban J connectivity index is 2.18. The van der Waals surface area contributed by atoms with E-state index in [9.17, 15) is 29.4 Å². The normalized spacial score (nSPS) is 13.7.